The van der Waals surface area contributed by atoms with Crippen LogP contribution in [0.4, 0.5) is 10.5 Å². The SMILES string of the molecule is COc1ccc(Cl)cc1C[NH+](C)CC(=O)NC(=O)Nc1ccc(C)cc1C. The number of likely N-dealkylation sites (N-methyl/N-ethyl adjacent to an activating group) is 1. The van der Waals surface area contributed by atoms with Crippen molar-refractivity contribution < 1.29 is 19.2 Å². The van der Waals surface area contributed by atoms with E-state index in [-0.39, 0.29) is 12.5 Å². The molecule has 1 unspecified atom stereocenters. The summed E-state index contributed by atoms with van der Waals surface area (Å²) in [6.07, 6.45) is 0. The Hall–Kier alpha value is -2.57. The van der Waals surface area contributed by atoms with E-state index in [9.17, 15) is 9.59 Å². The zero-order valence-electron chi connectivity index (χ0n) is 16.0. The first kappa shape index (κ1) is 20.7. The fourth-order valence-corrected chi connectivity index (χ4v) is 3.02. The Morgan fingerprint density at radius 1 is 1.15 bits per heavy atom. The monoisotopic (exact) mass is 390 g/mol. The summed E-state index contributed by atoms with van der Waals surface area (Å²) in [7, 11) is 3.45. The highest BCUT2D eigenvalue weighted by Gasteiger charge is 2.16. The number of quaternary nitrogens is 1. The molecule has 0 bridgehead atoms. The Morgan fingerprint density at radius 3 is 2.56 bits per heavy atom. The number of hydrogen-bond acceptors (Lipinski definition) is 3. The van der Waals surface area contributed by atoms with E-state index >= 15 is 0 Å². The predicted molar refractivity (Wildman–Crippen MR) is 107 cm³/mol. The smallest absolute Gasteiger partial charge is 0.326 e. The molecule has 6 nitrogen and oxygen atoms in total. The van der Waals surface area contributed by atoms with Crippen molar-refractivity contribution in [1.82, 2.24) is 5.32 Å². The Bertz CT molecular complexity index is 839. The fraction of sp³-hybridized carbons (Fsp3) is 0.300. The summed E-state index contributed by atoms with van der Waals surface area (Å²) >= 11 is 6.03. The minimum Gasteiger partial charge on any atom is -0.496 e. The molecule has 3 N–H and O–H groups in total. The van der Waals surface area contributed by atoms with Crippen LogP contribution in [0.2, 0.25) is 5.02 Å². The minimum atomic E-state index is -0.542. The normalized spacial score (nSPS) is 11.6. The van der Waals surface area contributed by atoms with Crippen molar-refractivity contribution in [2.24, 2.45) is 0 Å². The quantitative estimate of drug-likeness (QED) is 0.708. The van der Waals surface area contributed by atoms with Gasteiger partial charge in [-0.2, -0.15) is 0 Å². The van der Waals surface area contributed by atoms with E-state index in [0.717, 1.165) is 21.6 Å². The molecule has 27 heavy (non-hydrogen) atoms. The fourth-order valence-electron chi connectivity index (χ4n) is 2.83. The first-order valence-electron chi connectivity index (χ1n) is 8.60. The van der Waals surface area contributed by atoms with Crippen LogP contribution in [-0.4, -0.2) is 32.6 Å². The first-order valence-corrected chi connectivity index (χ1v) is 8.98. The maximum Gasteiger partial charge on any atom is 0.326 e. The van der Waals surface area contributed by atoms with Gasteiger partial charge in [0.1, 0.15) is 12.3 Å². The largest absolute Gasteiger partial charge is 0.496 e. The van der Waals surface area contributed by atoms with Crippen molar-refractivity contribution in [2.75, 3.05) is 26.0 Å². The summed E-state index contributed by atoms with van der Waals surface area (Å²) in [5.74, 6) is 0.350. The van der Waals surface area contributed by atoms with Crippen LogP contribution in [0.3, 0.4) is 0 Å². The second kappa shape index (κ2) is 9.39. The molecule has 0 saturated heterocycles. The van der Waals surface area contributed by atoms with Crippen molar-refractivity contribution in [3.8, 4) is 5.75 Å². The lowest BCUT2D eigenvalue weighted by atomic mass is 10.1. The molecule has 3 amide bonds. The number of ether oxygens (including phenoxy) is 1. The summed E-state index contributed by atoms with van der Waals surface area (Å²) in [6, 6.07) is 10.5. The van der Waals surface area contributed by atoms with E-state index in [4.69, 9.17) is 16.3 Å². The molecule has 0 aliphatic carbocycles. The van der Waals surface area contributed by atoms with Crippen molar-refractivity contribution in [3.05, 3.63) is 58.1 Å². The van der Waals surface area contributed by atoms with Crippen molar-refractivity contribution in [3.63, 3.8) is 0 Å². The molecular formula is C20H25ClN3O3+. The Morgan fingerprint density at radius 2 is 1.89 bits per heavy atom. The summed E-state index contributed by atoms with van der Waals surface area (Å²) in [5.41, 5.74) is 3.62. The number of anilines is 1. The van der Waals surface area contributed by atoms with E-state index in [1.165, 1.54) is 0 Å². The molecule has 0 aromatic heterocycles. The maximum absolute atomic E-state index is 12.2. The molecule has 0 aliphatic heterocycles. The van der Waals surface area contributed by atoms with Gasteiger partial charge < -0.3 is 15.0 Å². The van der Waals surface area contributed by atoms with Gasteiger partial charge in [0.2, 0.25) is 0 Å². The van der Waals surface area contributed by atoms with E-state index < -0.39 is 6.03 Å². The lowest BCUT2D eigenvalue weighted by Crippen LogP contribution is -3.09. The molecule has 0 heterocycles. The van der Waals surface area contributed by atoms with Gasteiger partial charge in [0.05, 0.1) is 14.2 Å². The third-order valence-electron chi connectivity index (χ3n) is 4.08. The average molecular weight is 391 g/mol. The first-order chi connectivity index (χ1) is 12.8. The van der Waals surface area contributed by atoms with Gasteiger partial charge in [-0.05, 0) is 43.7 Å². The van der Waals surface area contributed by atoms with Crippen LogP contribution < -0.4 is 20.3 Å². The molecule has 2 rings (SSSR count). The standard InChI is InChI=1S/C20H24ClN3O3/c1-13-5-7-17(14(2)9-13)22-20(26)23-19(25)12-24(3)11-15-10-16(21)6-8-18(15)27-4/h5-10H,11-12H2,1-4H3,(H2,22,23,25,26)/p+1. The highest BCUT2D eigenvalue weighted by atomic mass is 35.5. The molecule has 144 valence electrons. The zero-order chi connectivity index (χ0) is 20.0. The number of amides is 3. The number of carbonyl (C=O) groups is 2. The van der Waals surface area contributed by atoms with Crippen LogP contribution in [0.5, 0.6) is 5.75 Å². The van der Waals surface area contributed by atoms with E-state index in [1.54, 1.807) is 19.2 Å². The number of aryl methyl sites for hydroxylation is 2. The third-order valence-corrected chi connectivity index (χ3v) is 4.32. The molecule has 0 aliphatic rings. The molecule has 2 aromatic carbocycles. The Labute approximate surface area is 164 Å². The van der Waals surface area contributed by atoms with Crippen molar-refractivity contribution >= 4 is 29.2 Å². The van der Waals surface area contributed by atoms with Crippen LogP contribution in [0.1, 0.15) is 16.7 Å². The second-order valence-corrected chi connectivity index (χ2v) is 7.02. The van der Waals surface area contributed by atoms with Crippen LogP contribution >= 0.6 is 11.6 Å². The average Bonchev–Trinajstić information content (AvgIpc) is 2.57. The molecule has 0 fully saturated rings. The zero-order valence-corrected chi connectivity index (χ0v) is 16.7. The summed E-state index contributed by atoms with van der Waals surface area (Å²) in [4.78, 5) is 25.1. The number of rotatable bonds is 6. The number of halogens is 1. The molecule has 2 aromatic rings. The molecule has 0 spiro atoms. The summed E-state index contributed by atoms with van der Waals surface area (Å²) < 4.78 is 5.32. The van der Waals surface area contributed by atoms with Gasteiger partial charge in [-0.3, -0.25) is 10.1 Å². The van der Waals surface area contributed by atoms with Crippen molar-refractivity contribution in [1.29, 1.82) is 0 Å². The highest BCUT2D eigenvalue weighted by Crippen LogP contribution is 2.21. The van der Waals surface area contributed by atoms with Crippen LogP contribution in [0, 0.1) is 13.8 Å². The predicted octanol–water partition coefficient (Wildman–Crippen LogP) is 2.33. The minimum absolute atomic E-state index is 0.135. The van der Waals surface area contributed by atoms with Gasteiger partial charge >= 0.3 is 6.03 Å². The molecular weight excluding hydrogens is 366 g/mol. The van der Waals surface area contributed by atoms with Gasteiger partial charge in [-0.25, -0.2) is 4.79 Å². The summed E-state index contributed by atoms with van der Waals surface area (Å²) in [6.45, 7) is 4.56. The third kappa shape index (κ3) is 6.27. The number of imide groups is 1. The van der Waals surface area contributed by atoms with Crippen molar-refractivity contribution in [2.45, 2.75) is 20.4 Å². The van der Waals surface area contributed by atoms with E-state index in [0.29, 0.717) is 23.0 Å². The van der Waals surface area contributed by atoms with Crippen LogP contribution in [0.25, 0.3) is 0 Å². The summed E-state index contributed by atoms with van der Waals surface area (Å²) in [5, 5.41) is 5.67. The lowest BCUT2D eigenvalue weighted by molar-refractivity contribution is -0.885. The van der Waals surface area contributed by atoms with Gasteiger partial charge in [0.15, 0.2) is 6.54 Å². The molecule has 0 saturated carbocycles. The Kier molecular flexibility index (Phi) is 7.21. The maximum atomic E-state index is 12.2. The number of nitrogens with one attached hydrogen (secondary N) is 3. The Balaban J connectivity index is 1.89. The van der Waals surface area contributed by atoms with E-state index in [1.807, 2.05) is 45.2 Å². The number of hydrogen-bond donors (Lipinski definition) is 3. The number of methoxy groups -OCH3 is 1. The van der Waals surface area contributed by atoms with E-state index in [2.05, 4.69) is 10.6 Å². The van der Waals surface area contributed by atoms with Crippen LogP contribution in [-0.2, 0) is 11.3 Å². The lowest BCUT2D eigenvalue weighted by Gasteiger charge is -2.16. The van der Waals surface area contributed by atoms with Gasteiger partial charge in [-0.15, -0.1) is 0 Å². The van der Waals surface area contributed by atoms with Gasteiger partial charge in [0, 0.05) is 16.3 Å². The number of benzene rings is 2. The van der Waals surface area contributed by atoms with Gasteiger partial charge in [-0.1, -0.05) is 29.3 Å². The molecule has 7 heteroatoms. The molecule has 1 atom stereocenters. The topological polar surface area (TPSA) is 71.9 Å². The van der Waals surface area contributed by atoms with Crippen LogP contribution in [0.15, 0.2) is 36.4 Å². The highest BCUT2D eigenvalue weighted by molar-refractivity contribution is 6.30. The number of urea groups is 1. The number of carbonyl (C=O) groups excluding carboxylic acids is 2. The van der Waals surface area contributed by atoms with Gasteiger partial charge in [0.25, 0.3) is 5.91 Å². The molecule has 0 radical (unpaired) electrons. The second-order valence-electron chi connectivity index (χ2n) is 6.59.